The number of carbonyl (C=O) groups excluding carboxylic acids is 3. The highest BCUT2D eigenvalue weighted by molar-refractivity contribution is 6.08. The number of Topliss-reactive ketones (excluding diaryl/α,β-unsaturated/α-hetero) is 1. The second-order valence-corrected chi connectivity index (χ2v) is 4.69. The van der Waals surface area contributed by atoms with Gasteiger partial charge >= 0.3 is 0 Å². The van der Waals surface area contributed by atoms with Crippen LogP contribution in [0, 0.1) is 11.8 Å². The van der Waals surface area contributed by atoms with Gasteiger partial charge in [-0.25, -0.2) is 0 Å². The molecule has 1 aliphatic carbocycles. The molecule has 1 heterocycles. The molecule has 0 N–H and O–H groups in total. The van der Waals surface area contributed by atoms with Crippen molar-refractivity contribution in [2.24, 2.45) is 11.8 Å². The van der Waals surface area contributed by atoms with E-state index < -0.39 is 6.04 Å². The smallest absolute Gasteiger partial charge is 0.233 e. The minimum atomic E-state index is -0.574. The Morgan fingerprint density at radius 3 is 2.25 bits per heavy atom. The molecule has 1 saturated heterocycles. The molecule has 4 nitrogen and oxygen atoms in total. The standard InChI is InChI=1S/C12H17NO3/c1-3-10(14)7(2)13-11(15)8-5-4-6-9(8)12(13)16/h7-9H,3-6H2,1-2H3. The second kappa shape index (κ2) is 4.00. The minimum Gasteiger partial charge on any atom is -0.297 e. The summed E-state index contributed by atoms with van der Waals surface area (Å²) in [6, 6.07) is -0.574. The molecule has 0 aromatic heterocycles. The summed E-state index contributed by atoms with van der Waals surface area (Å²) in [7, 11) is 0. The number of carbonyl (C=O) groups is 3. The van der Waals surface area contributed by atoms with Gasteiger partial charge in [0, 0.05) is 6.42 Å². The summed E-state index contributed by atoms with van der Waals surface area (Å²) >= 11 is 0. The van der Waals surface area contributed by atoms with Gasteiger partial charge in [-0.3, -0.25) is 19.3 Å². The Labute approximate surface area is 95.0 Å². The van der Waals surface area contributed by atoms with Crippen molar-refractivity contribution in [2.75, 3.05) is 0 Å². The molecule has 0 aromatic carbocycles. The lowest BCUT2D eigenvalue weighted by Gasteiger charge is -2.22. The zero-order chi connectivity index (χ0) is 11.9. The van der Waals surface area contributed by atoms with Crippen LogP contribution in [0.1, 0.15) is 39.5 Å². The fourth-order valence-corrected chi connectivity index (χ4v) is 2.84. The van der Waals surface area contributed by atoms with E-state index in [4.69, 9.17) is 0 Å². The third-order valence-corrected chi connectivity index (χ3v) is 3.83. The van der Waals surface area contributed by atoms with Crippen molar-refractivity contribution in [2.45, 2.75) is 45.6 Å². The molecule has 1 saturated carbocycles. The molecule has 4 heteroatoms. The molecular weight excluding hydrogens is 206 g/mol. The zero-order valence-electron chi connectivity index (χ0n) is 9.73. The number of ketones is 1. The van der Waals surface area contributed by atoms with Crippen LogP contribution in [-0.2, 0) is 14.4 Å². The van der Waals surface area contributed by atoms with Gasteiger partial charge in [0.15, 0.2) is 5.78 Å². The van der Waals surface area contributed by atoms with E-state index in [1.807, 2.05) is 0 Å². The summed E-state index contributed by atoms with van der Waals surface area (Å²) in [6.07, 6.45) is 2.93. The molecule has 0 aromatic rings. The molecule has 2 rings (SSSR count). The fourth-order valence-electron chi connectivity index (χ4n) is 2.84. The van der Waals surface area contributed by atoms with Crippen molar-refractivity contribution in [1.29, 1.82) is 0 Å². The predicted octanol–water partition coefficient (Wildman–Crippen LogP) is 1.14. The van der Waals surface area contributed by atoms with Crippen LogP contribution in [0.2, 0.25) is 0 Å². The molecule has 88 valence electrons. The Hall–Kier alpha value is -1.19. The van der Waals surface area contributed by atoms with Crippen molar-refractivity contribution in [1.82, 2.24) is 4.90 Å². The molecule has 2 aliphatic rings. The summed E-state index contributed by atoms with van der Waals surface area (Å²) in [5.41, 5.74) is 0. The van der Waals surface area contributed by atoms with Gasteiger partial charge in [-0.2, -0.15) is 0 Å². The quantitative estimate of drug-likeness (QED) is 0.674. The van der Waals surface area contributed by atoms with Crippen LogP contribution < -0.4 is 0 Å². The number of likely N-dealkylation sites (tertiary alicyclic amines) is 1. The van der Waals surface area contributed by atoms with Crippen molar-refractivity contribution in [3.8, 4) is 0 Å². The highest BCUT2D eigenvalue weighted by Crippen LogP contribution is 2.40. The van der Waals surface area contributed by atoms with Crippen molar-refractivity contribution < 1.29 is 14.4 Å². The van der Waals surface area contributed by atoms with Crippen LogP contribution in [0.25, 0.3) is 0 Å². The highest BCUT2D eigenvalue weighted by atomic mass is 16.2. The summed E-state index contributed by atoms with van der Waals surface area (Å²) < 4.78 is 0. The Morgan fingerprint density at radius 2 is 1.81 bits per heavy atom. The number of hydrogen-bond donors (Lipinski definition) is 0. The molecule has 3 unspecified atom stereocenters. The van der Waals surface area contributed by atoms with Crippen LogP contribution in [0.15, 0.2) is 0 Å². The van der Waals surface area contributed by atoms with E-state index in [9.17, 15) is 14.4 Å². The second-order valence-electron chi connectivity index (χ2n) is 4.69. The van der Waals surface area contributed by atoms with Gasteiger partial charge < -0.3 is 0 Å². The molecule has 3 atom stereocenters. The summed E-state index contributed by atoms with van der Waals surface area (Å²) in [5.74, 6) is -0.565. The lowest BCUT2D eigenvalue weighted by atomic mass is 10.00. The largest absolute Gasteiger partial charge is 0.297 e. The van der Waals surface area contributed by atoms with Gasteiger partial charge in [0.25, 0.3) is 0 Å². The lowest BCUT2D eigenvalue weighted by molar-refractivity contribution is -0.147. The number of nitrogens with zero attached hydrogens (tertiary/aromatic N) is 1. The van der Waals surface area contributed by atoms with Crippen LogP contribution in [0.4, 0.5) is 0 Å². The Morgan fingerprint density at radius 1 is 1.31 bits per heavy atom. The molecule has 2 amide bonds. The van der Waals surface area contributed by atoms with Crippen LogP contribution in [0.3, 0.4) is 0 Å². The maximum Gasteiger partial charge on any atom is 0.233 e. The third kappa shape index (κ3) is 1.47. The summed E-state index contributed by atoms with van der Waals surface area (Å²) in [6.45, 7) is 3.41. The molecule has 16 heavy (non-hydrogen) atoms. The van der Waals surface area contributed by atoms with E-state index in [0.29, 0.717) is 6.42 Å². The SMILES string of the molecule is CCC(=O)C(C)N1C(=O)C2CCCC2C1=O. The van der Waals surface area contributed by atoms with Crippen LogP contribution >= 0.6 is 0 Å². The topological polar surface area (TPSA) is 54.5 Å². The summed E-state index contributed by atoms with van der Waals surface area (Å²) in [4.78, 5) is 36.8. The van der Waals surface area contributed by atoms with E-state index in [1.165, 1.54) is 4.90 Å². The molecule has 2 fully saturated rings. The zero-order valence-corrected chi connectivity index (χ0v) is 9.73. The van der Waals surface area contributed by atoms with E-state index in [2.05, 4.69) is 0 Å². The van der Waals surface area contributed by atoms with E-state index >= 15 is 0 Å². The Balaban J connectivity index is 2.20. The van der Waals surface area contributed by atoms with Crippen LogP contribution in [-0.4, -0.2) is 28.5 Å². The molecular formula is C12H17NO3. The van der Waals surface area contributed by atoms with Crippen molar-refractivity contribution in [3.05, 3.63) is 0 Å². The number of fused-ring (bicyclic) bond motifs is 1. The number of hydrogen-bond acceptors (Lipinski definition) is 3. The predicted molar refractivity (Wildman–Crippen MR) is 57.4 cm³/mol. The van der Waals surface area contributed by atoms with Gasteiger partial charge in [0.2, 0.25) is 11.8 Å². The van der Waals surface area contributed by atoms with E-state index in [-0.39, 0.29) is 29.4 Å². The Bertz CT molecular complexity index is 328. The average Bonchev–Trinajstić information content (AvgIpc) is 2.83. The van der Waals surface area contributed by atoms with Gasteiger partial charge in [-0.15, -0.1) is 0 Å². The monoisotopic (exact) mass is 223 g/mol. The lowest BCUT2D eigenvalue weighted by Crippen LogP contribution is -2.43. The minimum absolute atomic E-state index is 0.0401. The highest BCUT2D eigenvalue weighted by Gasteiger charge is 2.51. The first-order valence-corrected chi connectivity index (χ1v) is 5.97. The van der Waals surface area contributed by atoms with Crippen LogP contribution in [0.5, 0.6) is 0 Å². The van der Waals surface area contributed by atoms with Crippen molar-refractivity contribution in [3.63, 3.8) is 0 Å². The maximum atomic E-state index is 12.0. The molecule has 1 aliphatic heterocycles. The first-order chi connectivity index (χ1) is 7.57. The Kier molecular flexibility index (Phi) is 2.82. The van der Waals surface area contributed by atoms with Gasteiger partial charge in [-0.1, -0.05) is 13.3 Å². The number of amides is 2. The normalized spacial score (nSPS) is 30.8. The van der Waals surface area contributed by atoms with Crippen molar-refractivity contribution >= 4 is 17.6 Å². The third-order valence-electron chi connectivity index (χ3n) is 3.83. The molecule has 0 spiro atoms. The molecule has 0 bridgehead atoms. The number of rotatable bonds is 3. The number of imide groups is 1. The van der Waals surface area contributed by atoms with Gasteiger partial charge in [-0.05, 0) is 19.8 Å². The first kappa shape index (κ1) is 11.3. The maximum absolute atomic E-state index is 12.0. The first-order valence-electron chi connectivity index (χ1n) is 5.97. The van der Waals surface area contributed by atoms with Gasteiger partial charge in [0.05, 0.1) is 17.9 Å². The van der Waals surface area contributed by atoms with Gasteiger partial charge in [0.1, 0.15) is 0 Å². The molecule has 0 radical (unpaired) electrons. The summed E-state index contributed by atoms with van der Waals surface area (Å²) in [5, 5.41) is 0. The fraction of sp³-hybridized carbons (Fsp3) is 0.750. The van der Waals surface area contributed by atoms with E-state index in [1.54, 1.807) is 13.8 Å². The average molecular weight is 223 g/mol. The van der Waals surface area contributed by atoms with E-state index in [0.717, 1.165) is 19.3 Å².